The predicted molar refractivity (Wildman–Crippen MR) is 97.6 cm³/mol. The van der Waals surface area contributed by atoms with E-state index in [9.17, 15) is 14.7 Å². The minimum atomic E-state index is -1.02. The van der Waals surface area contributed by atoms with E-state index in [2.05, 4.69) is 0 Å². The van der Waals surface area contributed by atoms with Crippen molar-refractivity contribution in [1.29, 1.82) is 0 Å². The molecule has 4 aliphatic rings. The monoisotopic (exact) mass is 385 g/mol. The van der Waals surface area contributed by atoms with E-state index in [1.165, 1.54) is 6.26 Å². The maximum atomic E-state index is 13.5. The average molecular weight is 385 g/mol. The largest absolute Gasteiger partial charge is 0.469 e. The molecule has 2 saturated heterocycles. The molecule has 8 nitrogen and oxygen atoms in total. The van der Waals surface area contributed by atoms with E-state index >= 15 is 0 Å². The lowest BCUT2D eigenvalue weighted by Crippen LogP contribution is -2.55. The number of piperazine rings is 1. The Bertz CT molecular complexity index is 964. The minimum Gasteiger partial charge on any atom is -0.469 e. The molecule has 0 saturated carbocycles. The van der Waals surface area contributed by atoms with Crippen molar-refractivity contribution in [2.75, 3.05) is 27.3 Å². The van der Waals surface area contributed by atoms with Crippen LogP contribution in [-0.4, -0.2) is 71.2 Å². The zero-order valence-corrected chi connectivity index (χ0v) is 16.1. The fourth-order valence-electron chi connectivity index (χ4n) is 5.54. The van der Waals surface area contributed by atoms with Crippen LogP contribution in [0.1, 0.15) is 12.7 Å². The number of furan rings is 1. The molecule has 8 heteroatoms. The molecule has 2 fully saturated rings. The van der Waals surface area contributed by atoms with Gasteiger partial charge in [0.05, 0.1) is 37.1 Å². The number of nitrogens with two attached hydrogens (primary N) is 1. The Morgan fingerprint density at radius 3 is 2.75 bits per heavy atom. The number of hydrogen-bond acceptors (Lipinski definition) is 8. The number of methoxy groups -OCH3 is 1. The number of Topliss-reactive ketones (excluding diaryl/α,β-unsaturated/α-hetero) is 2. The van der Waals surface area contributed by atoms with Crippen molar-refractivity contribution in [3.05, 3.63) is 46.6 Å². The number of nitrogens with zero attached hydrogens (tertiary/aromatic N) is 2. The van der Waals surface area contributed by atoms with Gasteiger partial charge in [-0.1, -0.05) is 0 Å². The van der Waals surface area contributed by atoms with Gasteiger partial charge in [-0.05, 0) is 26.1 Å². The lowest BCUT2D eigenvalue weighted by Gasteiger charge is -2.40. The molecule has 1 aromatic rings. The van der Waals surface area contributed by atoms with E-state index in [0.717, 1.165) is 0 Å². The quantitative estimate of drug-likeness (QED) is 0.542. The van der Waals surface area contributed by atoms with Gasteiger partial charge in [-0.3, -0.25) is 14.5 Å². The molecule has 3 aliphatic heterocycles. The number of aliphatic hydroxyl groups is 1. The van der Waals surface area contributed by atoms with Gasteiger partial charge in [-0.2, -0.15) is 0 Å². The summed E-state index contributed by atoms with van der Waals surface area (Å²) in [4.78, 5) is 30.6. The van der Waals surface area contributed by atoms with Crippen LogP contribution in [0, 0.1) is 5.92 Å². The SMILES string of the molecule is COC12C(CO)C3=C(C(=O)C(C)=C(Cc4ccco4)C3=O)N1CC1(N)C2N1C. The van der Waals surface area contributed by atoms with Gasteiger partial charge in [-0.15, -0.1) is 0 Å². The van der Waals surface area contributed by atoms with Crippen molar-refractivity contribution < 1.29 is 23.8 Å². The molecule has 3 N–H and O–H groups in total. The number of carbonyl (C=O) groups is 2. The average Bonchev–Trinajstić information content (AvgIpc) is 3.11. The first-order valence-corrected chi connectivity index (χ1v) is 9.34. The topological polar surface area (TPSA) is 109 Å². The number of hydrogen-bond donors (Lipinski definition) is 2. The van der Waals surface area contributed by atoms with Crippen molar-refractivity contribution in [3.8, 4) is 0 Å². The van der Waals surface area contributed by atoms with Gasteiger partial charge in [0.2, 0.25) is 5.78 Å². The van der Waals surface area contributed by atoms with E-state index in [1.54, 1.807) is 26.2 Å². The summed E-state index contributed by atoms with van der Waals surface area (Å²) in [6, 6.07) is 3.32. The van der Waals surface area contributed by atoms with Crippen LogP contribution in [0.4, 0.5) is 0 Å². The van der Waals surface area contributed by atoms with Crippen LogP contribution in [0.5, 0.6) is 0 Å². The standard InChI is InChI=1S/C20H23N3O5/c1-10-12(7-11-5-4-6-28-11)17(26)14-13(8-24)20(27-3)18-19(21,22(18)2)9-23(20)15(14)16(10)25/h4-6,13,18,24H,7-9,21H2,1-3H3. The highest BCUT2D eigenvalue weighted by atomic mass is 16.5. The zero-order chi connectivity index (χ0) is 20.0. The molecule has 5 atom stereocenters. The molecule has 0 aromatic carbocycles. The number of likely N-dealkylation sites (N-methyl/N-ethyl adjacent to an activating group) is 1. The van der Waals surface area contributed by atoms with Crippen molar-refractivity contribution in [2.45, 2.75) is 30.8 Å². The van der Waals surface area contributed by atoms with Gasteiger partial charge in [0.15, 0.2) is 11.5 Å². The van der Waals surface area contributed by atoms with Crippen LogP contribution in [0.3, 0.4) is 0 Å². The van der Waals surface area contributed by atoms with E-state index in [0.29, 0.717) is 34.7 Å². The Morgan fingerprint density at radius 1 is 1.39 bits per heavy atom. The second-order valence-corrected chi connectivity index (χ2v) is 8.06. The Balaban J connectivity index is 1.62. The minimum absolute atomic E-state index is 0.206. The van der Waals surface area contributed by atoms with Crippen LogP contribution in [0.25, 0.3) is 0 Å². The smallest absolute Gasteiger partial charge is 0.205 e. The molecule has 4 heterocycles. The molecule has 0 bridgehead atoms. The van der Waals surface area contributed by atoms with Gasteiger partial charge in [0, 0.05) is 30.2 Å². The molecule has 1 aromatic heterocycles. The second kappa shape index (κ2) is 5.42. The number of ether oxygens (including phenoxy) is 1. The molecule has 0 spiro atoms. The molecule has 28 heavy (non-hydrogen) atoms. The maximum absolute atomic E-state index is 13.5. The fourth-order valence-corrected chi connectivity index (χ4v) is 5.54. The molecular weight excluding hydrogens is 362 g/mol. The summed E-state index contributed by atoms with van der Waals surface area (Å²) in [5.41, 5.74) is 6.33. The van der Waals surface area contributed by atoms with Crippen molar-refractivity contribution in [3.63, 3.8) is 0 Å². The second-order valence-electron chi connectivity index (χ2n) is 8.06. The first-order chi connectivity index (χ1) is 13.3. The van der Waals surface area contributed by atoms with Gasteiger partial charge < -0.3 is 24.9 Å². The van der Waals surface area contributed by atoms with Crippen LogP contribution >= 0.6 is 0 Å². The van der Waals surface area contributed by atoms with Crippen LogP contribution in [-0.2, 0) is 20.7 Å². The number of aliphatic hydroxyl groups excluding tert-OH is 1. The van der Waals surface area contributed by atoms with Crippen molar-refractivity contribution in [1.82, 2.24) is 9.80 Å². The maximum Gasteiger partial charge on any atom is 0.205 e. The van der Waals surface area contributed by atoms with Gasteiger partial charge in [0.1, 0.15) is 11.4 Å². The molecule has 0 radical (unpaired) electrons. The molecular formula is C20H23N3O5. The third-order valence-corrected chi connectivity index (χ3v) is 7.02. The Morgan fingerprint density at radius 2 is 2.14 bits per heavy atom. The van der Waals surface area contributed by atoms with E-state index in [-0.39, 0.29) is 30.6 Å². The van der Waals surface area contributed by atoms with Gasteiger partial charge >= 0.3 is 0 Å². The number of fused-ring (bicyclic) bond motifs is 4. The predicted octanol–water partition coefficient (Wildman–Crippen LogP) is -0.206. The Kier molecular flexibility index (Phi) is 3.45. The molecule has 148 valence electrons. The normalized spacial score (nSPS) is 38.9. The molecule has 1 aliphatic carbocycles. The van der Waals surface area contributed by atoms with Crippen LogP contribution in [0.15, 0.2) is 45.2 Å². The summed E-state index contributed by atoms with van der Waals surface area (Å²) in [7, 11) is 3.44. The van der Waals surface area contributed by atoms with Crippen LogP contribution in [0.2, 0.25) is 0 Å². The Hall–Kier alpha value is -2.26. The Labute approximate surface area is 162 Å². The highest BCUT2D eigenvalue weighted by Crippen LogP contribution is 2.62. The van der Waals surface area contributed by atoms with Gasteiger partial charge in [-0.25, -0.2) is 0 Å². The van der Waals surface area contributed by atoms with Gasteiger partial charge in [0.25, 0.3) is 0 Å². The summed E-state index contributed by atoms with van der Waals surface area (Å²) in [6.07, 6.45) is 1.78. The summed E-state index contributed by atoms with van der Waals surface area (Å²) < 4.78 is 11.3. The van der Waals surface area contributed by atoms with Crippen molar-refractivity contribution >= 4 is 11.6 Å². The fraction of sp³-hybridized carbons (Fsp3) is 0.500. The number of carbonyl (C=O) groups excluding carboxylic acids is 2. The third kappa shape index (κ3) is 1.79. The highest BCUT2D eigenvalue weighted by molar-refractivity contribution is 6.25. The van der Waals surface area contributed by atoms with E-state index < -0.39 is 17.3 Å². The number of allylic oxidation sites excluding steroid dienone is 2. The number of ketones is 2. The van der Waals surface area contributed by atoms with E-state index in [4.69, 9.17) is 14.9 Å². The lowest BCUT2D eigenvalue weighted by atomic mass is 9.79. The summed E-state index contributed by atoms with van der Waals surface area (Å²) in [5.74, 6) is -0.465. The summed E-state index contributed by atoms with van der Waals surface area (Å²) in [5, 5.41) is 10.3. The first kappa shape index (κ1) is 17.8. The lowest BCUT2D eigenvalue weighted by molar-refractivity contribution is -0.144. The zero-order valence-electron chi connectivity index (χ0n) is 16.1. The third-order valence-electron chi connectivity index (χ3n) is 7.02. The number of rotatable bonds is 4. The summed E-state index contributed by atoms with van der Waals surface area (Å²) in [6.45, 7) is 1.73. The van der Waals surface area contributed by atoms with E-state index in [1.807, 2.05) is 16.8 Å². The highest BCUT2D eigenvalue weighted by Gasteiger charge is 2.81. The first-order valence-electron chi connectivity index (χ1n) is 9.34. The molecule has 5 rings (SSSR count). The molecule has 5 unspecified atom stereocenters. The van der Waals surface area contributed by atoms with Crippen LogP contribution < -0.4 is 5.73 Å². The molecule has 0 amide bonds. The van der Waals surface area contributed by atoms with Crippen molar-refractivity contribution in [2.24, 2.45) is 11.7 Å². The summed E-state index contributed by atoms with van der Waals surface area (Å²) >= 11 is 0.